The van der Waals surface area contributed by atoms with Crippen molar-refractivity contribution < 1.29 is 59.4 Å². The van der Waals surface area contributed by atoms with Gasteiger partial charge in [-0.1, -0.05) is 24.3 Å². The molecule has 0 fully saturated rings. The van der Waals surface area contributed by atoms with Crippen molar-refractivity contribution in [3.05, 3.63) is 35.9 Å². The summed E-state index contributed by atoms with van der Waals surface area (Å²) in [5.41, 5.74) is 1.17. The summed E-state index contributed by atoms with van der Waals surface area (Å²) in [4.78, 5) is 0. The number of rotatable bonds is 0. The van der Waals surface area contributed by atoms with E-state index in [1.165, 1.54) is 5.56 Å². The van der Waals surface area contributed by atoms with Gasteiger partial charge in [0.15, 0.2) is 0 Å². The van der Waals surface area contributed by atoms with Crippen molar-refractivity contribution in [2.75, 3.05) is 6.61 Å². The molecular formula is C9H8MnMoNiO. The molecule has 0 saturated heterocycles. The molecule has 0 N–H and O–H groups in total. The minimum atomic E-state index is 0. The monoisotopic (exact) mass is 343 g/mol. The Kier molecular flexibility index (Phi) is 9.58. The van der Waals surface area contributed by atoms with Crippen LogP contribution in [-0.2, 0) is 54.6 Å². The van der Waals surface area contributed by atoms with Crippen molar-refractivity contribution in [1.29, 1.82) is 0 Å². The topological polar surface area (TPSA) is 9.23 Å². The summed E-state index contributed by atoms with van der Waals surface area (Å²) in [6.07, 6.45) is 4.10. The smallest absolute Gasteiger partial charge is 0.126 e. The second kappa shape index (κ2) is 7.83. The SMILES string of the molecule is C1=Cc2ccccc2OC1.[Mn].[Mo].[Ni]. The maximum atomic E-state index is 5.34. The van der Waals surface area contributed by atoms with E-state index in [-0.39, 0.29) is 54.6 Å². The van der Waals surface area contributed by atoms with Crippen LogP contribution in [0.2, 0.25) is 0 Å². The number of hydrogen-bond donors (Lipinski definition) is 0. The summed E-state index contributed by atoms with van der Waals surface area (Å²) in [6.45, 7) is 0.705. The van der Waals surface area contributed by atoms with E-state index in [9.17, 15) is 0 Å². The molecule has 0 spiro atoms. The molecule has 0 unspecified atom stereocenters. The van der Waals surface area contributed by atoms with Gasteiger partial charge in [0.2, 0.25) is 0 Å². The van der Waals surface area contributed by atoms with Gasteiger partial charge in [0.05, 0.1) is 0 Å². The van der Waals surface area contributed by atoms with Gasteiger partial charge in [-0.15, -0.1) is 0 Å². The molecule has 0 aromatic heterocycles. The molecule has 13 heavy (non-hydrogen) atoms. The van der Waals surface area contributed by atoms with E-state index in [1.807, 2.05) is 30.3 Å². The Morgan fingerprint density at radius 2 is 1.85 bits per heavy atom. The average Bonchev–Trinajstić information content (AvgIpc) is 2.05. The first kappa shape index (κ1) is 15.9. The third kappa shape index (κ3) is 4.00. The van der Waals surface area contributed by atoms with Crippen LogP contribution in [0.4, 0.5) is 0 Å². The molecule has 1 nitrogen and oxygen atoms in total. The van der Waals surface area contributed by atoms with E-state index in [0.29, 0.717) is 6.61 Å². The number of benzene rings is 1. The number of hydrogen-bond acceptors (Lipinski definition) is 1. The van der Waals surface area contributed by atoms with E-state index in [0.717, 1.165) is 5.75 Å². The second-order valence-corrected chi connectivity index (χ2v) is 2.25. The third-order valence-electron chi connectivity index (χ3n) is 1.55. The zero-order valence-electron chi connectivity index (χ0n) is 6.68. The molecule has 1 aromatic rings. The van der Waals surface area contributed by atoms with Crippen LogP contribution in [0, 0.1) is 0 Å². The Morgan fingerprint density at radius 1 is 1.15 bits per heavy atom. The van der Waals surface area contributed by atoms with Crippen LogP contribution in [0.25, 0.3) is 6.08 Å². The van der Waals surface area contributed by atoms with E-state index in [4.69, 9.17) is 4.74 Å². The van der Waals surface area contributed by atoms with Gasteiger partial charge in [0.25, 0.3) is 0 Å². The number of fused-ring (bicyclic) bond motifs is 1. The van der Waals surface area contributed by atoms with Crippen LogP contribution < -0.4 is 4.74 Å². The van der Waals surface area contributed by atoms with Crippen LogP contribution in [0.5, 0.6) is 5.75 Å². The Balaban J connectivity index is 0. The van der Waals surface area contributed by atoms with Gasteiger partial charge < -0.3 is 4.74 Å². The fourth-order valence-electron chi connectivity index (χ4n) is 1.06. The van der Waals surface area contributed by atoms with Crippen LogP contribution in [0.3, 0.4) is 0 Å². The zero-order valence-corrected chi connectivity index (χ0v) is 10.9. The van der Waals surface area contributed by atoms with Crippen LogP contribution in [0.1, 0.15) is 5.56 Å². The van der Waals surface area contributed by atoms with Crippen molar-refractivity contribution in [2.24, 2.45) is 0 Å². The minimum absolute atomic E-state index is 0. The van der Waals surface area contributed by atoms with Crippen LogP contribution >= 0.6 is 0 Å². The first-order valence-corrected chi connectivity index (χ1v) is 3.35. The molecule has 0 bridgehead atoms. The molecule has 1 heterocycles. The maximum Gasteiger partial charge on any atom is 0.126 e. The molecule has 0 aliphatic carbocycles. The van der Waals surface area contributed by atoms with E-state index in [2.05, 4.69) is 6.08 Å². The van der Waals surface area contributed by atoms with Crippen LogP contribution in [0.15, 0.2) is 30.3 Å². The molecule has 73 valence electrons. The van der Waals surface area contributed by atoms with Crippen molar-refractivity contribution in [2.45, 2.75) is 0 Å². The quantitative estimate of drug-likeness (QED) is 0.657. The van der Waals surface area contributed by atoms with Gasteiger partial charge in [-0.2, -0.15) is 0 Å². The predicted octanol–water partition coefficient (Wildman–Crippen LogP) is 2.08. The van der Waals surface area contributed by atoms with E-state index in [1.54, 1.807) is 0 Å². The summed E-state index contributed by atoms with van der Waals surface area (Å²) in [5.74, 6) is 0.991. The summed E-state index contributed by atoms with van der Waals surface area (Å²) < 4.78 is 5.34. The largest absolute Gasteiger partial charge is 0.489 e. The summed E-state index contributed by atoms with van der Waals surface area (Å²) >= 11 is 0. The van der Waals surface area contributed by atoms with Crippen molar-refractivity contribution in [3.8, 4) is 5.75 Å². The minimum Gasteiger partial charge on any atom is -0.489 e. The molecule has 0 amide bonds. The fraction of sp³-hybridized carbons (Fsp3) is 0.111. The zero-order chi connectivity index (χ0) is 6.81. The first-order valence-electron chi connectivity index (χ1n) is 3.35. The van der Waals surface area contributed by atoms with Gasteiger partial charge in [-0.25, -0.2) is 0 Å². The van der Waals surface area contributed by atoms with E-state index < -0.39 is 0 Å². The Labute approximate surface area is 113 Å². The second-order valence-electron chi connectivity index (χ2n) is 2.25. The predicted molar refractivity (Wildman–Crippen MR) is 41.0 cm³/mol. The molecule has 0 atom stereocenters. The standard InChI is InChI=1S/C9H8O.Mn.Mo.Ni/c1-2-6-9-8(4-1)5-3-7-10-9;;;/h1-6H,7H2;;;. The molecule has 1 aromatic carbocycles. The summed E-state index contributed by atoms with van der Waals surface area (Å²) in [5, 5.41) is 0. The van der Waals surface area contributed by atoms with Crippen molar-refractivity contribution in [3.63, 3.8) is 0 Å². The molecule has 1 aliphatic rings. The average molecular weight is 342 g/mol. The molecule has 0 saturated carbocycles. The molecule has 1 radical (unpaired) electrons. The molecule has 1 aliphatic heterocycles. The van der Waals surface area contributed by atoms with Crippen molar-refractivity contribution >= 4 is 6.08 Å². The molecular weight excluding hydrogens is 334 g/mol. The number of ether oxygens (including phenoxy) is 1. The number of para-hydroxylation sites is 1. The summed E-state index contributed by atoms with van der Waals surface area (Å²) in [7, 11) is 0. The normalized spacial score (nSPS) is 10.8. The maximum absolute atomic E-state index is 5.34. The Bertz CT molecular complexity index is 278. The van der Waals surface area contributed by atoms with Crippen LogP contribution in [-0.4, -0.2) is 6.61 Å². The fourth-order valence-corrected chi connectivity index (χ4v) is 1.06. The third-order valence-corrected chi connectivity index (χ3v) is 1.55. The van der Waals surface area contributed by atoms with Crippen molar-refractivity contribution in [1.82, 2.24) is 0 Å². The Morgan fingerprint density at radius 3 is 2.54 bits per heavy atom. The Hall–Kier alpha value is 0.461. The van der Waals surface area contributed by atoms with Gasteiger partial charge in [0.1, 0.15) is 12.4 Å². The molecule has 4 heteroatoms. The van der Waals surface area contributed by atoms with Gasteiger partial charge in [0, 0.05) is 60.2 Å². The van der Waals surface area contributed by atoms with Gasteiger partial charge >= 0.3 is 0 Å². The van der Waals surface area contributed by atoms with Gasteiger partial charge in [-0.3, -0.25) is 0 Å². The summed E-state index contributed by atoms with van der Waals surface area (Å²) in [6, 6.07) is 8.03. The van der Waals surface area contributed by atoms with Gasteiger partial charge in [-0.05, 0) is 12.1 Å². The van der Waals surface area contributed by atoms with E-state index >= 15 is 0 Å². The first-order chi connectivity index (χ1) is 4.97. The molecule has 2 rings (SSSR count).